The maximum Gasteiger partial charge on any atom is 0.216 e. The summed E-state index contributed by atoms with van der Waals surface area (Å²) in [6, 6.07) is 10.1. The molecule has 0 aromatic heterocycles. The van der Waals surface area contributed by atoms with Crippen LogP contribution in [0.4, 0.5) is 0 Å². The fraction of sp³-hybridized carbons (Fsp3) is 0.455. The highest BCUT2D eigenvalue weighted by atomic mass is 16.5. The average molecular weight is 351 g/mol. The second kappa shape index (κ2) is 7.10. The Kier molecular flexibility index (Phi) is 4.66. The van der Waals surface area contributed by atoms with Crippen molar-refractivity contribution < 1.29 is 14.3 Å². The van der Waals surface area contributed by atoms with Gasteiger partial charge in [-0.15, -0.1) is 0 Å². The highest BCUT2D eigenvalue weighted by Crippen LogP contribution is 2.35. The van der Waals surface area contributed by atoms with Crippen LogP contribution in [0.2, 0.25) is 0 Å². The van der Waals surface area contributed by atoms with E-state index in [0.717, 1.165) is 47.1 Å². The quantitative estimate of drug-likeness (QED) is 0.734. The number of ketones is 1. The molecular weight excluding hydrogens is 326 g/mol. The van der Waals surface area contributed by atoms with Crippen molar-refractivity contribution in [1.29, 1.82) is 0 Å². The molecule has 0 unspecified atom stereocenters. The van der Waals surface area contributed by atoms with E-state index in [2.05, 4.69) is 11.4 Å². The molecule has 0 heterocycles. The average Bonchev–Trinajstić information content (AvgIpc) is 3.52. The first-order valence-electron chi connectivity index (χ1n) is 9.58. The molecule has 0 atom stereocenters. The van der Waals surface area contributed by atoms with Crippen molar-refractivity contribution in [2.75, 3.05) is 13.2 Å². The molecule has 26 heavy (non-hydrogen) atoms. The highest BCUT2D eigenvalue weighted by molar-refractivity contribution is 6.03. The van der Waals surface area contributed by atoms with E-state index in [0.29, 0.717) is 18.9 Å². The Morgan fingerprint density at radius 1 is 1.12 bits per heavy atom. The predicted molar refractivity (Wildman–Crippen MR) is 102 cm³/mol. The lowest BCUT2D eigenvalue weighted by molar-refractivity contribution is -0.118. The van der Waals surface area contributed by atoms with Crippen LogP contribution < -0.4 is 10.1 Å². The molecule has 0 spiro atoms. The Balaban J connectivity index is 1.63. The summed E-state index contributed by atoms with van der Waals surface area (Å²) in [6.45, 7) is 2.87. The number of ether oxygens (including phenoxy) is 1. The zero-order chi connectivity index (χ0) is 18.1. The van der Waals surface area contributed by atoms with Crippen LogP contribution >= 0.6 is 0 Å². The molecular formula is C22H25NO3. The van der Waals surface area contributed by atoms with E-state index in [1.807, 2.05) is 24.3 Å². The van der Waals surface area contributed by atoms with E-state index in [1.54, 1.807) is 0 Å². The normalized spacial score (nSPS) is 16.5. The number of rotatable bonds is 8. The molecule has 2 aromatic carbocycles. The smallest absolute Gasteiger partial charge is 0.216 e. The minimum atomic E-state index is -0.0343. The van der Waals surface area contributed by atoms with E-state index < -0.39 is 0 Å². The van der Waals surface area contributed by atoms with Crippen molar-refractivity contribution in [3.63, 3.8) is 0 Å². The van der Waals surface area contributed by atoms with Crippen molar-refractivity contribution in [2.45, 2.75) is 39.0 Å². The molecule has 4 heteroatoms. The van der Waals surface area contributed by atoms with Crippen LogP contribution in [0.5, 0.6) is 5.75 Å². The number of carbonyl (C=O) groups excluding carboxylic acids is 2. The number of carbonyl (C=O) groups is 2. The summed E-state index contributed by atoms with van der Waals surface area (Å²) in [5.74, 6) is 2.02. The number of fused-ring (bicyclic) bond motifs is 1. The summed E-state index contributed by atoms with van der Waals surface area (Å²) >= 11 is 0. The maximum atomic E-state index is 12.5. The van der Waals surface area contributed by atoms with Gasteiger partial charge < -0.3 is 10.1 Å². The lowest BCUT2D eigenvalue weighted by Gasteiger charge is -2.13. The van der Waals surface area contributed by atoms with Crippen LogP contribution in [-0.2, 0) is 11.2 Å². The van der Waals surface area contributed by atoms with Crippen LogP contribution in [0.3, 0.4) is 0 Å². The summed E-state index contributed by atoms with van der Waals surface area (Å²) in [4.78, 5) is 23.7. The van der Waals surface area contributed by atoms with Gasteiger partial charge in [-0.25, -0.2) is 0 Å². The molecule has 2 aliphatic carbocycles. The molecule has 1 amide bonds. The van der Waals surface area contributed by atoms with Crippen LogP contribution in [0.15, 0.2) is 30.3 Å². The van der Waals surface area contributed by atoms with Crippen LogP contribution in [0, 0.1) is 11.8 Å². The first-order valence-corrected chi connectivity index (χ1v) is 9.58. The molecule has 2 aromatic rings. The number of hydrogen-bond donors (Lipinski definition) is 1. The molecule has 2 fully saturated rings. The van der Waals surface area contributed by atoms with Crippen molar-refractivity contribution in [2.24, 2.45) is 11.8 Å². The third kappa shape index (κ3) is 4.06. The lowest BCUT2D eigenvalue weighted by atomic mass is 9.95. The van der Waals surface area contributed by atoms with Crippen molar-refractivity contribution in [3.05, 3.63) is 41.5 Å². The first kappa shape index (κ1) is 17.1. The molecule has 136 valence electrons. The van der Waals surface area contributed by atoms with Gasteiger partial charge in [-0.05, 0) is 78.6 Å². The van der Waals surface area contributed by atoms with Gasteiger partial charge in [-0.2, -0.15) is 0 Å². The van der Waals surface area contributed by atoms with Gasteiger partial charge in [0.1, 0.15) is 5.75 Å². The molecule has 1 N–H and O–H groups in total. The first-order chi connectivity index (χ1) is 12.6. The molecule has 0 bridgehead atoms. The number of Topliss-reactive ketones (excluding diaryl/α,β-unsaturated/α-hetero) is 1. The summed E-state index contributed by atoms with van der Waals surface area (Å²) < 4.78 is 5.92. The van der Waals surface area contributed by atoms with Crippen molar-refractivity contribution >= 4 is 22.5 Å². The molecule has 2 aliphatic rings. The van der Waals surface area contributed by atoms with Gasteiger partial charge >= 0.3 is 0 Å². The van der Waals surface area contributed by atoms with Gasteiger partial charge in [0.05, 0.1) is 6.61 Å². The van der Waals surface area contributed by atoms with Crippen LogP contribution in [0.1, 0.15) is 48.5 Å². The van der Waals surface area contributed by atoms with E-state index in [1.165, 1.54) is 19.8 Å². The fourth-order valence-electron chi connectivity index (χ4n) is 3.31. The number of nitrogens with one attached hydrogen (secondary N) is 1. The fourth-order valence-corrected chi connectivity index (χ4v) is 3.31. The third-order valence-corrected chi connectivity index (χ3v) is 5.20. The Hall–Kier alpha value is -2.36. The second-order valence-electron chi connectivity index (χ2n) is 7.64. The SMILES string of the molecule is CC(=O)NCCc1cc(C(=O)C2CC2)cc2ccc(OCC3CC3)cc12. The van der Waals surface area contributed by atoms with Crippen LogP contribution in [-0.4, -0.2) is 24.8 Å². The summed E-state index contributed by atoms with van der Waals surface area (Å²) in [7, 11) is 0. The highest BCUT2D eigenvalue weighted by Gasteiger charge is 2.30. The maximum absolute atomic E-state index is 12.5. The second-order valence-corrected chi connectivity index (χ2v) is 7.64. The molecule has 0 radical (unpaired) electrons. The minimum absolute atomic E-state index is 0.0343. The van der Waals surface area contributed by atoms with Crippen molar-refractivity contribution in [1.82, 2.24) is 5.32 Å². The van der Waals surface area contributed by atoms with Crippen molar-refractivity contribution in [3.8, 4) is 5.75 Å². The number of amides is 1. The van der Waals surface area contributed by atoms with Crippen LogP contribution in [0.25, 0.3) is 10.8 Å². The molecule has 2 saturated carbocycles. The monoisotopic (exact) mass is 351 g/mol. The van der Waals surface area contributed by atoms with E-state index in [4.69, 9.17) is 4.74 Å². The number of hydrogen-bond acceptors (Lipinski definition) is 3. The van der Waals surface area contributed by atoms with Gasteiger partial charge in [0, 0.05) is 24.9 Å². The summed E-state index contributed by atoms with van der Waals surface area (Å²) in [6.07, 6.45) is 5.25. The van der Waals surface area contributed by atoms with Gasteiger partial charge in [0.25, 0.3) is 0 Å². The Morgan fingerprint density at radius 3 is 2.62 bits per heavy atom. The van der Waals surface area contributed by atoms with E-state index >= 15 is 0 Å². The summed E-state index contributed by atoms with van der Waals surface area (Å²) in [5.41, 5.74) is 1.89. The Morgan fingerprint density at radius 2 is 1.92 bits per heavy atom. The zero-order valence-electron chi connectivity index (χ0n) is 15.2. The molecule has 4 nitrogen and oxygen atoms in total. The van der Waals surface area contributed by atoms with Gasteiger partial charge in [-0.1, -0.05) is 6.07 Å². The predicted octanol–water partition coefficient (Wildman–Crippen LogP) is 3.90. The third-order valence-electron chi connectivity index (χ3n) is 5.20. The largest absolute Gasteiger partial charge is 0.493 e. The van der Waals surface area contributed by atoms with E-state index in [9.17, 15) is 9.59 Å². The van der Waals surface area contributed by atoms with Gasteiger partial charge in [0.2, 0.25) is 5.91 Å². The summed E-state index contributed by atoms with van der Waals surface area (Å²) in [5, 5.41) is 5.02. The topological polar surface area (TPSA) is 55.4 Å². The minimum Gasteiger partial charge on any atom is -0.493 e. The lowest BCUT2D eigenvalue weighted by Crippen LogP contribution is -2.22. The molecule has 4 rings (SSSR count). The molecule has 0 saturated heterocycles. The standard InChI is InChI=1S/C22H25NO3/c1-14(24)23-9-8-18-11-19(22(25)16-4-5-16)10-17-6-7-20(12-21(17)18)26-13-15-2-3-15/h6-7,10-12,15-16H,2-5,8-9,13H2,1H3,(H,23,24). The Labute approximate surface area is 153 Å². The molecule has 0 aliphatic heterocycles. The van der Waals surface area contributed by atoms with Gasteiger partial charge in [-0.3, -0.25) is 9.59 Å². The number of benzene rings is 2. The van der Waals surface area contributed by atoms with E-state index in [-0.39, 0.29) is 17.6 Å². The Bertz CT molecular complexity index is 850. The zero-order valence-corrected chi connectivity index (χ0v) is 15.2. The van der Waals surface area contributed by atoms with Gasteiger partial charge in [0.15, 0.2) is 5.78 Å².